The molecule has 0 unspecified atom stereocenters. The molecule has 1 amide bonds. The lowest BCUT2D eigenvalue weighted by atomic mass is 10.1. The molecular formula is C19H15N3O2S. The summed E-state index contributed by atoms with van der Waals surface area (Å²) < 4.78 is 5.89. The van der Waals surface area contributed by atoms with Crippen LogP contribution in [-0.2, 0) is 11.2 Å². The van der Waals surface area contributed by atoms with E-state index in [1.165, 1.54) is 5.56 Å². The SMILES string of the molecule is N#CN=C1NC(=O)C(=Cc2ccccc2OCCc2ccccc2)S1. The average molecular weight is 349 g/mol. The number of thioether (sulfide) groups is 1. The number of benzene rings is 2. The van der Waals surface area contributed by atoms with Crippen molar-refractivity contribution in [2.45, 2.75) is 6.42 Å². The van der Waals surface area contributed by atoms with Crippen molar-refractivity contribution < 1.29 is 9.53 Å². The molecule has 0 aliphatic carbocycles. The first kappa shape index (κ1) is 16.8. The van der Waals surface area contributed by atoms with Gasteiger partial charge in [-0.3, -0.25) is 10.1 Å². The monoisotopic (exact) mass is 349 g/mol. The highest BCUT2D eigenvalue weighted by Crippen LogP contribution is 2.29. The summed E-state index contributed by atoms with van der Waals surface area (Å²) in [6, 6.07) is 17.7. The second-order valence-electron chi connectivity index (χ2n) is 5.20. The maximum Gasteiger partial charge on any atom is 0.264 e. The molecule has 1 heterocycles. The molecule has 25 heavy (non-hydrogen) atoms. The third-order valence-corrected chi connectivity index (χ3v) is 4.41. The first-order chi connectivity index (χ1) is 12.3. The van der Waals surface area contributed by atoms with E-state index in [0.717, 1.165) is 23.7 Å². The Balaban J connectivity index is 1.71. The Kier molecular flexibility index (Phi) is 5.50. The van der Waals surface area contributed by atoms with Gasteiger partial charge in [0.15, 0.2) is 5.17 Å². The highest BCUT2D eigenvalue weighted by Gasteiger charge is 2.24. The maximum absolute atomic E-state index is 11.9. The highest BCUT2D eigenvalue weighted by atomic mass is 32.2. The third kappa shape index (κ3) is 4.49. The summed E-state index contributed by atoms with van der Waals surface area (Å²) >= 11 is 1.14. The van der Waals surface area contributed by atoms with Gasteiger partial charge >= 0.3 is 0 Å². The van der Waals surface area contributed by atoms with Gasteiger partial charge in [-0.2, -0.15) is 5.26 Å². The molecule has 6 heteroatoms. The van der Waals surface area contributed by atoms with Crippen molar-refractivity contribution in [2.75, 3.05) is 6.61 Å². The second kappa shape index (κ2) is 8.18. The van der Waals surface area contributed by atoms with Crippen LogP contribution in [0.1, 0.15) is 11.1 Å². The van der Waals surface area contributed by atoms with E-state index in [2.05, 4.69) is 22.4 Å². The number of nitriles is 1. The molecule has 1 saturated heterocycles. The Bertz CT molecular complexity index is 870. The topological polar surface area (TPSA) is 74.5 Å². The van der Waals surface area contributed by atoms with Crippen LogP contribution in [0.25, 0.3) is 6.08 Å². The standard InChI is InChI=1S/C19H15N3O2S/c20-13-21-19-22-18(23)17(25-19)12-15-8-4-5-9-16(15)24-11-10-14-6-2-1-3-7-14/h1-9,12H,10-11H2,(H,21,22,23). The molecule has 1 fully saturated rings. The molecule has 1 aliphatic heterocycles. The van der Waals surface area contributed by atoms with Gasteiger partial charge in [-0.25, -0.2) is 0 Å². The van der Waals surface area contributed by atoms with Gasteiger partial charge in [-0.05, 0) is 29.5 Å². The van der Waals surface area contributed by atoms with Crippen molar-refractivity contribution in [3.05, 3.63) is 70.6 Å². The number of para-hydroxylation sites is 1. The number of nitrogens with one attached hydrogen (secondary N) is 1. The summed E-state index contributed by atoms with van der Waals surface area (Å²) in [6.45, 7) is 0.546. The minimum absolute atomic E-state index is 0.266. The lowest BCUT2D eigenvalue weighted by Gasteiger charge is -2.09. The zero-order chi connectivity index (χ0) is 17.5. The van der Waals surface area contributed by atoms with Crippen LogP contribution in [0, 0.1) is 11.5 Å². The summed E-state index contributed by atoms with van der Waals surface area (Å²) in [6.07, 6.45) is 4.22. The summed E-state index contributed by atoms with van der Waals surface area (Å²) in [5.41, 5.74) is 2.02. The van der Waals surface area contributed by atoms with Crippen molar-refractivity contribution >= 4 is 28.9 Å². The van der Waals surface area contributed by atoms with Crippen LogP contribution in [0.4, 0.5) is 0 Å². The van der Waals surface area contributed by atoms with Crippen LogP contribution in [0.3, 0.4) is 0 Å². The summed E-state index contributed by atoms with van der Waals surface area (Å²) in [5, 5.41) is 11.4. The van der Waals surface area contributed by atoms with Crippen LogP contribution >= 0.6 is 11.8 Å². The lowest BCUT2D eigenvalue weighted by molar-refractivity contribution is -0.115. The van der Waals surface area contributed by atoms with Crippen molar-refractivity contribution in [2.24, 2.45) is 4.99 Å². The normalized spacial score (nSPS) is 16.7. The van der Waals surface area contributed by atoms with Crippen molar-refractivity contribution in [1.82, 2.24) is 5.32 Å². The van der Waals surface area contributed by atoms with E-state index >= 15 is 0 Å². The van der Waals surface area contributed by atoms with Crippen molar-refractivity contribution in [3.8, 4) is 11.9 Å². The maximum atomic E-state index is 11.9. The number of nitrogens with zero attached hydrogens (tertiary/aromatic N) is 2. The molecule has 3 rings (SSSR count). The van der Waals surface area contributed by atoms with E-state index in [4.69, 9.17) is 10.00 Å². The Hall–Kier alpha value is -3.04. The third-order valence-electron chi connectivity index (χ3n) is 3.50. The van der Waals surface area contributed by atoms with E-state index in [9.17, 15) is 4.79 Å². The van der Waals surface area contributed by atoms with Gasteiger partial charge in [0.25, 0.3) is 5.91 Å². The zero-order valence-corrected chi connectivity index (χ0v) is 14.1. The van der Waals surface area contributed by atoms with Gasteiger partial charge < -0.3 is 4.74 Å². The van der Waals surface area contributed by atoms with E-state index in [1.807, 2.05) is 42.5 Å². The Labute approximate surface area is 150 Å². The van der Waals surface area contributed by atoms with E-state index in [-0.39, 0.29) is 5.91 Å². The van der Waals surface area contributed by atoms with Crippen LogP contribution < -0.4 is 10.1 Å². The van der Waals surface area contributed by atoms with E-state index in [1.54, 1.807) is 12.3 Å². The van der Waals surface area contributed by atoms with Gasteiger partial charge in [0, 0.05) is 12.0 Å². The number of amidine groups is 1. The molecule has 0 spiro atoms. The van der Waals surface area contributed by atoms with Crippen LogP contribution in [-0.4, -0.2) is 17.7 Å². The van der Waals surface area contributed by atoms with Crippen molar-refractivity contribution in [1.29, 1.82) is 5.26 Å². The Morgan fingerprint density at radius 3 is 2.72 bits per heavy atom. The molecule has 0 atom stereocenters. The Morgan fingerprint density at radius 2 is 1.92 bits per heavy atom. The van der Waals surface area contributed by atoms with E-state index in [0.29, 0.717) is 22.4 Å². The second-order valence-corrected chi connectivity index (χ2v) is 6.23. The minimum Gasteiger partial charge on any atom is -0.493 e. The number of rotatable bonds is 5. The van der Waals surface area contributed by atoms with Crippen molar-refractivity contribution in [3.63, 3.8) is 0 Å². The fourth-order valence-corrected chi connectivity index (χ4v) is 3.09. The van der Waals surface area contributed by atoms with Gasteiger partial charge in [0.1, 0.15) is 5.75 Å². The number of ether oxygens (including phenoxy) is 1. The van der Waals surface area contributed by atoms with Gasteiger partial charge in [0.05, 0.1) is 11.5 Å². The number of carbonyl (C=O) groups is 1. The summed E-state index contributed by atoms with van der Waals surface area (Å²) in [5.74, 6) is 0.447. The highest BCUT2D eigenvalue weighted by molar-refractivity contribution is 8.18. The average Bonchev–Trinajstić information content (AvgIpc) is 2.97. The van der Waals surface area contributed by atoms with Gasteiger partial charge in [-0.15, -0.1) is 4.99 Å². The zero-order valence-electron chi connectivity index (χ0n) is 13.3. The molecular weight excluding hydrogens is 334 g/mol. The van der Waals surface area contributed by atoms with Crippen LogP contribution in [0.2, 0.25) is 0 Å². The molecule has 0 bridgehead atoms. The van der Waals surface area contributed by atoms with Gasteiger partial charge in [-0.1, -0.05) is 48.5 Å². The van der Waals surface area contributed by atoms with Crippen LogP contribution in [0.5, 0.6) is 5.75 Å². The first-order valence-corrected chi connectivity index (χ1v) is 8.51. The molecule has 2 aromatic carbocycles. The fraction of sp³-hybridized carbons (Fsp3) is 0.105. The number of aliphatic imine (C=N–C) groups is 1. The molecule has 124 valence electrons. The largest absolute Gasteiger partial charge is 0.493 e. The molecule has 2 aromatic rings. The summed E-state index contributed by atoms with van der Waals surface area (Å²) in [4.78, 5) is 16.0. The van der Waals surface area contributed by atoms with E-state index < -0.39 is 0 Å². The number of carbonyl (C=O) groups excluding carboxylic acids is 1. The first-order valence-electron chi connectivity index (χ1n) is 7.69. The number of hydrogen-bond donors (Lipinski definition) is 1. The quantitative estimate of drug-likeness (QED) is 0.663. The molecule has 0 aromatic heterocycles. The number of amides is 1. The minimum atomic E-state index is -0.266. The molecule has 1 N–H and O–H groups in total. The number of hydrogen-bond acceptors (Lipinski definition) is 5. The van der Waals surface area contributed by atoms with Crippen LogP contribution in [0.15, 0.2) is 64.5 Å². The van der Waals surface area contributed by atoms with Gasteiger partial charge in [0.2, 0.25) is 6.19 Å². The fourth-order valence-electron chi connectivity index (χ4n) is 2.32. The predicted molar refractivity (Wildman–Crippen MR) is 98.8 cm³/mol. The molecule has 5 nitrogen and oxygen atoms in total. The lowest BCUT2D eigenvalue weighted by Crippen LogP contribution is -2.19. The predicted octanol–water partition coefficient (Wildman–Crippen LogP) is 3.35. The summed E-state index contributed by atoms with van der Waals surface area (Å²) in [7, 11) is 0. The molecule has 0 radical (unpaired) electrons. The smallest absolute Gasteiger partial charge is 0.264 e. The Morgan fingerprint density at radius 1 is 1.16 bits per heavy atom. The molecule has 1 aliphatic rings. The molecule has 0 saturated carbocycles.